The van der Waals surface area contributed by atoms with Crippen LogP contribution < -0.4 is 0 Å². The molecular weight excluding hydrogens is 318 g/mol. The monoisotopic (exact) mass is 343 g/mol. The highest BCUT2D eigenvalue weighted by atomic mass is 32.2. The number of hydrogen-bond donors (Lipinski definition) is 0. The summed E-state index contributed by atoms with van der Waals surface area (Å²) in [6, 6.07) is 8.08. The Hall–Kier alpha value is -1.75. The van der Waals surface area contributed by atoms with Crippen LogP contribution in [0.2, 0.25) is 0 Å². The smallest absolute Gasteiger partial charge is 0.235 e. The van der Waals surface area contributed by atoms with Crippen LogP contribution in [0.1, 0.15) is 26.7 Å². The number of fused-ring (bicyclic) bond motifs is 1. The third-order valence-electron chi connectivity index (χ3n) is 4.66. The highest BCUT2D eigenvalue weighted by molar-refractivity contribution is 8.00. The number of allylic oxidation sites excluding steroid dienone is 1. The van der Waals surface area contributed by atoms with Crippen LogP contribution in [0, 0.1) is 5.92 Å². The third kappa shape index (κ3) is 3.51. The maximum absolute atomic E-state index is 12.7. The van der Waals surface area contributed by atoms with Crippen molar-refractivity contribution in [3.63, 3.8) is 0 Å². The Morgan fingerprint density at radius 2 is 2.12 bits per heavy atom. The van der Waals surface area contributed by atoms with E-state index < -0.39 is 0 Å². The van der Waals surface area contributed by atoms with E-state index in [1.54, 1.807) is 11.8 Å². The van der Waals surface area contributed by atoms with Crippen LogP contribution in [0.5, 0.6) is 0 Å². The molecule has 0 aliphatic carbocycles. The van der Waals surface area contributed by atoms with Crippen molar-refractivity contribution in [2.24, 2.45) is 5.92 Å². The number of para-hydroxylation sites is 2. The first kappa shape index (κ1) is 17.1. The van der Waals surface area contributed by atoms with Crippen LogP contribution in [-0.4, -0.2) is 38.7 Å². The van der Waals surface area contributed by atoms with Gasteiger partial charge >= 0.3 is 0 Å². The number of imidazole rings is 1. The molecule has 5 heteroatoms. The van der Waals surface area contributed by atoms with Gasteiger partial charge in [-0.15, -0.1) is 6.58 Å². The van der Waals surface area contributed by atoms with Gasteiger partial charge in [-0.25, -0.2) is 4.98 Å². The maximum atomic E-state index is 12.7. The Bertz CT molecular complexity index is 731. The van der Waals surface area contributed by atoms with Crippen molar-refractivity contribution >= 4 is 28.7 Å². The number of thioether (sulfide) groups is 1. The quantitative estimate of drug-likeness (QED) is 0.609. The Balaban J connectivity index is 1.77. The fourth-order valence-electron chi connectivity index (χ4n) is 3.14. The molecule has 2 heterocycles. The number of amides is 1. The first-order chi connectivity index (χ1) is 11.6. The molecule has 1 fully saturated rings. The highest BCUT2D eigenvalue weighted by Crippen LogP contribution is 2.29. The van der Waals surface area contributed by atoms with Crippen molar-refractivity contribution in [1.29, 1.82) is 0 Å². The number of benzene rings is 1. The molecule has 1 aliphatic rings. The number of hydrogen-bond acceptors (Lipinski definition) is 3. The lowest BCUT2D eigenvalue weighted by Gasteiger charge is -2.32. The number of aromatic nitrogens is 2. The van der Waals surface area contributed by atoms with Gasteiger partial charge in [0.1, 0.15) is 0 Å². The number of piperidine rings is 1. The number of likely N-dealkylation sites (tertiary alicyclic amines) is 1. The molecule has 1 saturated heterocycles. The summed E-state index contributed by atoms with van der Waals surface area (Å²) < 4.78 is 2.13. The molecule has 0 saturated carbocycles. The van der Waals surface area contributed by atoms with Gasteiger partial charge < -0.3 is 9.47 Å². The van der Waals surface area contributed by atoms with Crippen LogP contribution in [0.3, 0.4) is 0 Å². The van der Waals surface area contributed by atoms with E-state index in [-0.39, 0.29) is 11.2 Å². The van der Waals surface area contributed by atoms with E-state index in [9.17, 15) is 4.79 Å². The molecule has 128 valence electrons. The molecule has 0 N–H and O–H groups in total. The Morgan fingerprint density at radius 1 is 1.42 bits per heavy atom. The molecule has 1 atom stereocenters. The van der Waals surface area contributed by atoms with Crippen LogP contribution in [0.4, 0.5) is 0 Å². The van der Waals surface area contributed by atoms with E-state index in [0.717, 1.165) is 48.0 Å². The van der Waals surface area contributed by atoms with Gasteiger partial charge in [-0.3, -0.25) is 4.79 Å². The SMILES string of the molecule is C=CCn1c(SC(C)C(=O)N2CCC(C)CC2)nc2ccccc21. The largest absolute Gasteiger partial charge is 0.342 e. The van der Waals surface area contributed by atoms with Crippen molar-refractivity contribution < 1.29 is 4.79 Å². The van der Waals surface area contributed by atoms with Crippen LogP contribution >= 0.6 is 11.8 Å². The number of carbonyl (C=O) groups is 1. The highest BCUT2D eigenvalue weighted by Gasteiger charge is 2.26. The summed E-state index contributed by atoms with van der Waals surface area (Å²) >= 11 is 1.55. The molecule has 1 amide bonds. The molecule has 24 heavy (non-hydrogen) atoms. The summed E-state index contributed by atoms with van der Waals surface area (Å²) in [6.45, 7) is 10.6. The molecular formula is C19H25N3OS. The summed E-state index contributed by atoms with van der Waals surface area (Å²) in [7, 11) is 0. The minimum absolute atomic E-state index is 0.126. The van der Waals surface area contributed by atoms with Crippen molar-refractivity contribution in [2.45, 2.75) is 43.6 Å². The van der Waals surface area contributed by atoms with Gasteiger partial charge in [-0.05, 0) is 37.8 Å². The van der Waals surface area contributed by atoms with E-state index in [4.69, 9.17) is 4.98 Å². The first-order valence-corrected chi connectivity index (χ1v) is 9.49. The predicted octanol–water partition coefficient (Wildman–Crippen LogP) is 3.96. The summed E-state index contributed by atoms with van der Waals surface area (Å²) in [5.41, 5.74) is 2.06. The molecule has 0 bridgehead atoms. The average Bonchev–Trinajstić information content (AvgIpc) is 2.93. The van der Waals surface area contributed by atoms with Crippen LogP contribution in [0.15, 0.2) is 42.1 Å². The molecule has 3 rings (SSSR count). The number of nitrogens with zero attached hydrogens (tertiary/aromatic N) is 3. The lowest BCUT2D eigenvalue weighted by atomic mass is 9.99. The molecule has 0 spiro atoms. The lowest BCUT2D eigenvalue weighted by Crippen LogP contribution is -2.41. The summed E-state index contributed by atoms with van der Waals surface area (Å²) in [4.78, 5) is 19.5. The van der Waals surface area contributed by atoms with Gasteiger partial charge in [-0.1, -0.05) is 36.9 Å². The van der Waals surface area contributed by atoms with Gasteiger partial charge in [0.15, 0.2) is 5.16 Å². The molecule has 1 aromatic carbocycles. The molecule has 2 aromatic rings. The van der Waals surface area contributed by atoms with Gasteiger partial charge in [0, 0.05) is 19.6 Å². The van der Waals surface area contributed by atoms with Gasteiger partial charge in [-0.2, -0.15) is 0 Å². The fraction of sp³-hybridized carbons (Fsp3) is 0.474. The predicted molar refractivity (Wildman–Crippen MR) is 100 cm³/mol. The first-order valence-electron chi connectivity index (χ1n) is 8.61. The van der Waals surface area contributed by atoms with Crippen molar-refractivity contribution in [3.8, 4) is 0 Å². The second kappa shape index (κ2) is 7.43. The van der Waals surface area contributed by atoms with E-state index in [2.05, 4.69) is 24.1 Å². The van der Waals surface area contributed by atoms with Crippen molar-refractivity contribution in [1.82, 2.24) is 14.5 Å². The number of carbonyl (C=O) groups excluding carboxylic acids is 1. The van der Waals surface area contributed by atoms with Gasteiger partial charge in [0.25, 0.3) is 0 Å². The number of rotatable bonds is 5. The zero-order valence-corrected chi connectivity index (χ0v) is 15.3. The van der Waals surface area contributed by atoms with Gasteiger partial charge in [0.2, 0.25) is 5.91 Å². The minimum atomic E-state index is -0.126. The Kier molecular flexibility index (Phi) is 5.29. The summed E-state index contributed by atoms with van der Waals surface area (Å²) in [5, 5.41) is 0.765. The van der Waals surface area contributed by atoms with Crippen LogP contribution in [0.25, 0.3) is 11.0 Å². The summed E-state index contributed by atoms with van der Waals surface area (Å²) in [5.74, 6) is 0.956. The standard InChI is InChI=1S/C19H25N3OS/c1-4-11-22-17-8-6-5-7-16(17)20-19(22)24-15(3)18(23)21-12-9-14(2)10-13-21/h4-8,14-15H,1,9-13H2,2-3H3. The van der Waals surface area contributed by atoms with E-state index in [1.807, 2.05) is 36.1 Å². The zero-order chi connectivity index (χ0) is 17.1. The topological polar surface area (TPSA) is 38.1 Å². The van der Waals surface area contributed by atoms with Crippen molar-refractivity contribution in [2.75, 3.05) is 13.1 Å². The minimum Gasteiger partial charge on any atom is -0.342 e. The molecule has 4 nitrogen and oxygen atoms in total. The second-order valence-corrected chi connectivity index (χ2v) is 7.86. The Labute approximate surface area is 147 Å². The van der Waals surface area contributed by atoms with E-state index in [1.165, 1.54) is 0 Å². The van der Waals surface area contributed by atoms with Gasteiger partial charge in [0.05, 0.1) is 16.3 Å². The maximum Gasteiger partial charge on any atom is 0.235 e. The van der Waals surface area contributed by atoms with E-state index in [0.29, 0.717) is 6.54 Å². The zero-order valence-electron chi connectivity index (χ0n) is 14.4. The van der Waals surface area contributed by atoms with E-state index >= 15 is 0 Å². The third-order valence-corrected chi connectivity index (χ3v) is 5.73. The second-order valence-electron chi connectivity index (χ2n) is 6.55. The molecule has 1 aliphatic heterocycles. The van der Waals surface area contributed by atoms with Crippen molar-refractivity contribution in [3.05, 3.63) is 36.9 Å². The molecule has 1 aromatic heterocycles. The fourth-order valence-corrected chi connectivity index (χ4v) is 4.16. The van der Waals surface area contributed by atoms with Crippen LogP contribution in [-0.2, 0) is 11.3 Å². The summed E-state index contributed by atoms with van der Waals surface area (Å²) in [6.07, 6.45) is 4.09. The average molecular weight is 343 g/mol. The molecule has 1 unspecified atom stereocenters. The Morgan fingerprint density at radius 3 is 2.83 bits per heavy atom. The normalized spacial score (nSPS) is 17.2. The lowest BCUT2D eigenvalue weighted by molar-refractivity contribution is -0.131. The molecule has 0 radical (unpaired) electrons.